The Morgan fingerprint density at radius 3 is 2.31 bits per heavy atom. The first-order valence-electron chi connectivity index (χ1n) is 5.30. The van der Waals surface area contributed by atoms with Gasteiger partial charge in [-0.15, -0.1) is 0 Å². The molecule has 0 saturated heterocycles. The van der Waals surface area contributed by atoms with Crippen LogP contribution in [0.3, 0.4) is 0 Å². The van der Waals surface area contributed by atoms with Gasteiger partial charge in [0.05, 0.1) is 0 Å². The van der Waals surface area contributed by atoms with E-state index in [0.29, 0.717) is 0 Å². The number of amides is 1. The van der Waals surface area contributed by atoms with Gasteiger partial charge in [0.1, 0.15) is 0 Å². The molecule has 1 rings (SSSR count). The predicted octanol–water partition coefficient (Wildman–Crippen LogP) is 2.73. The molecule has 2 nitrogen and oxygen atoms in total. The Balaban J connectivity index is 2.48. The van der Waals surface area contributed by atoms with Crippen molar-refractivity contribution in [2.75, 3.05) is 12.8 Å². The summed E-state index contributed by atoms with van der Waals surface area (Å²) in [5, 5.41) is 2.00. The van der Waals surface area contributed by atoms with Gasteiger partial charge in [0.25, 0.3) is 0 Å². The van der Waals surface area contributed by atoms with E-state index in [1.807, 2.05) is 11.6 Å². The van der Waals surface area contributed by atoms with E-state index in [2.05, 4.69) is 0 Å². The molecule has 0 aliphatic heterocycles. The molecule has 94 valence electrons. The van der Waals surface area contributed by atoms with Crippen LogP contribution in [-0.4, -0.2) is 29.6 Å². The number of nitrogens with one attached hydrogen (secondary N) is 1. The summed E-state index contributed by atoms with van der Waals surface area (Å²) in [6, 6.07) is 0. The molecule has 0 bridgehead atoms. The van der Waals surface area contributed by atoms with Crippen LogP contribution < -0.4 is 5.32 Å². The van der Waals surface area contributed by atoms with Gasteiger partial charge in [-0.05, 0) is 19.1 Å². The van der Waals surface area contributed by atoms with Gasteiger partial charge in [0, 0.05) is 11.3 Å². The summed E-state index contributed by atoms with van der Waals surface area (Å²) in [6.07, 6.45) is 2.08. The summed E-state index contributed by atoms with van der Waals surface area (Å²) in [6.45, 7) is 0.118. The lowest BCUT2D eigenvalue weighted by Crippen LogP contribution is -2.46. The highest BCUT2D eigenvalue weighted by Crippen LogP contribution is 2.38. The van der Waals surface area contributed by atoms with Crippen molar-refractivity contribution < 1.29 is 18.0 Å². The Labute approximate surface area is 97.3 Å². The van der Waals surface area contributed by atoms with E-state index in [0.717, 1.165) is 32.1 Å². The number of hydrogen-bond acceptors (Lipinski definition) is 2. The lowest BCUT2D eigenvalue weighted by molar-refractivity contribution is -0.173. The normalized spacial score (nSPS) is 20.5. The van der Waals surface area contributed by atoms with Gasteiger partial charge in [-0.1, -0.05) is 19.3 Å². The maximum absolute atomic E-state index is 12.0. The van der Waals surface area contributed by atoms with Gasteiger partial charge in [-0.3, -0.25) is 4.79 Å². The molecular formula is C10H16F3NOS. The first kappa shape index (κ1) is 13.7. The molecule has 1 amide bonds. The third kappa shape index (κ3) is 3.57. The fourth-order valence-electron chi connectivity index (χ4n) is 1.99. The van der Waals surface area contributed by atoms with E-state index >= 15 is 0 Å². The Bertz CT molecular complexity index is 249. The quantitative estimate of drug-likeness (QED) is 0.840. The van der Waals surface area contributed by atoms with Crippen molar-refractivity contribution in [2.24, 2.45) is 0 Å². The summed E-state index contributed by atoms with van der Waals surface area (Å²) in [5.74, 6) is -1.83. The molecule has 0 aromatic carbocycles. The van der Waals surface area contributed by atoms with E-state index in [4.69, 9.17) is 0 Å². The Morgan fingerprint density at radius 1 is 1.31 bits per heavy atom. The molecule has 1 aliphatic carbocycles. The lowest BCUT2D eigenvalue weighted by Gasteiger charge is -2.35. The standard InChI is InChI=1S/C10H16F3NOS/c1-16-9(5-3-2-4-6-9)7-14-8(15)10(11,12)13/h2-7H2,1H3,(H,14,15). The summed E-state index contributed by atoms with van der Waals surface area (Å²) >= 11 is 1.56. The first-order valence-corrected chi connectivity index (χ1v) is 6.52. The molecule has 0 aromatic rings. The van der Waals surface area contributed by atoms with Crippen LogP contribution in [0.15, 0.2) is 0 Å². The number of carbonyl (C=O) groups excluding carboxylic acids is 1. The van der Waals surface area contributed by atoms with E-state index in [-0.39, 0.29) is 11.3 Å². The molecule has 1 N–H and O–H groups in total. The third-order valence-electron chi connectivity index (χ3n) is 3.03. The minimum absolute atomic E-state index is 0.118. The maximum Gasteiger partial charge on any atom is 0.471 e. The summed E-state index contributed by atoms with van der Waals surface area (Å²) in [4.78, 5) is 10.7. The van der Waals surface area contributed by atoms with E-state index in [9.17, 15) is 18.0 Å². The van der Waals surface area contributed by atoms with Gasteiger partial charge in [0.2, 0.25) is 0 Å². The molecule has 0 radical (unpaired) electrons. The third-order valence-corrected chi connectivity index (χ3v) is 4.44. The van der Waals surface area contributed by atoms with Crippen molar-refractivity contribution in [1.82, 2.24) is 5.32 Å². The topological polar surface area (TPSA) is 29.1 Å². The zero-order chi connectivity index (χ0) is 12.2. The second kappa shape index (κ2) is 5.29. The van der Waals surface area contributed by atoms with Crippen molar-refractivity contribution in [1.29, 1.82) is 0 Å². The van der Waals surface area contributed by atoms with Crippen molar-refractivity contribution in [3.8, 4) is 0 Å². The molecule has 1 aliphatic rings. The number of thioether (sulfide) groups is 1. The van der Waals surface area contributed by atoms with Gasteiger partial charge in [-0.2, -0.15) is 24.9 Å². The summed E-state index contributed by atoms with van der Waals surface area (Å²) < 4.78 is 35.8. The number of alkyl halides is 3. The van der Waals surface area contributed by atoms with E-state index < -0.39 is 12.1 Å². The minimum Gasteiger partial charge on any atom is -0.347 e. The molecule has 16 heavy (non-hydrogen) atoms. The van der Waals surface area contributed by atoms with Gasteiger partial charge in [0.15, 0.2) is 0 Å². The number of rotatable bonds is 3. The van der Waals surface area contributed by atoms with Crippen LogP contribution in [0.4, 0.5) is 13.2 Å². The smallest absolute Gasteiger partial charge is 0.347 e. The van der Waals surface area contributed by atoms with Crippen molar-refractivity contribution in [3.63, 3.8) is 0 Å². The molecule has 1 fully saturated rings. The number of carbonyl (C=O) groups is 1. The Morgan fingerprint density at radius 2 is 1.88 bits per heavy atom. The average molecular weight is 255 g/mol. The van der Waals surface area contributed by atoms with Crippen LogP contribution in [0.5, 0.6) is 0 Å². The average Bonchev–Trinajstić information content (AvgIpc) is 2.26. The zero-order valence-corrected chi connectivity index (χ0v) is 10.0. The SMILES string of the molecule is CSC1(CNC(=O)C(F)(F)F)CCCCC1. The molecule has 0 unspecified atom stereocenters. The van der Waals surface area contributed by atoms with Crippen LogP contribution in [0.1, 0.15) is 32.1 Å². The highest BCUT2D eigenvalue weighted by Gasteiger charge is 2.40. The van der Waals surface area contributed by atoms with Gasteiger partial charge >= 0.3 is 12.1 Å². The highest BCUT2D eigenvalue weighted by atomic mass is 32.2. The second-order valence-electron chi connectivity index (χ2n) is 4.13. The molecular weight excluding hydrogens is 239 g/mol. The molecule has 0 spiro atoms. The Hall–Kier alpha value is -0.390. The molecule has 0 heterocycles. The summed E-state index contributed by atoms with van der Waals surface area (Å²) in [5.41, 5.74) is 0. The molecule has 0 atom stereocenters. The minimum atomic E-state index is -4.77. The van der Waals surface area contributed by atoms with Crippen molar-refractivity contribution in [2.45, 2.75) is 43.0 Å². The number of hydrogen-bond donors (Lipinski definition) is 1. The van der Waals surface area contributed by atoms with Gasteiger partial charge in [-0.25, -0.2) is 0 Å². The van der Waals surface area contributed by atoms with Crippen LogP contribution in [-0.2, 0) is 4.79 Å². The van der Waals surface area contributed by atoms with Crippen molar-refractivity contribution >= 4 is 17.7 Å². The van der Waals surface area contributed by atoms with E-state index in [1.54, 1.807) is 11.8 Å². The molecule has 1 saturated carbocycles. The number of halogens is 3. The van der Waals surface area contributed by atoms with Crippen LogP contribution in [0, 0.1) is 0 Å². The highest BCUT2D eigenvalue weighted by molar-refractivity contribution is 8.00. The fourth-order valence-corrected chi connectivity index (χ4v) is 2.90. The van der Waals surface area contributed by atoms with Crippen LogP contribution >= 0.6 is 11.8 Å². The second-order valence-corrected chi connectivity index (χ2v) is 5.40. The molecule has 0 aromatic heterocycles. The van der Waals surface area contributed by atoms with Crippen LogP contribution in [0.2, 0.25) is 0 Å². The first-order chi connectivity index (χ1) is 7.40. The monoisotopic (exact) mass is 255 g/mol. The molecule has 6 heteroatoms. The predicted molar refractivity (Wildman–Crippen MR) is 58.4 cm³/mol. The summed E-state index contributed by atoms with van der Waals surface area (Å²) in [7, 11) is 0. The van der Waals surface area contributed by atoms with Crippen molar-refractivity contribution in [3.05, 3.63) is 0 Å². The Kier molecular flexibility index (Phi) is 4.52. The maximum atomic E-state index is 12.0. The zero-order valence-electron chi connectivity index (χ0n) is 9.19. The van der Waals surface area contributed by atoms with E-state index in [1.165, 1.54) is 0 Å². The largest absolute Gasteiger partial charge is 0.471 e. The fraction of sp³-hybridized carbons (Fsp3) is 0.900. The lowest BCUT2D eigenvalue weighted by atomic mass is 9.88. The van der Waals surface area contributed by atoms with Crippen LogP contribution in [0.25, 0.3) is 0 Å². The van der Waals surface area contributed by atoms with Gasteiger partial charge < -0.3 is 5.32 Å².